The number of hydrogen-bond acceptors (Lipinski definition) is 2. The summed E-state index contributed by atoms with van der Waals surface area (Å²) in [6.07, 6.45) is 10.6. The fourth-order valence-electron chi connectivity index (χ4n) is 3.38. The van der Waals surface area contributed by atoms with Gasteiger partial charge in [0.25, 0.3) is 0 Å². The molecule has 4 heteroatoms. The van der Waals surface area contributed by atoms with Crippen LogP contribution in [-0.2, 0) is 0 Å². The first-order chi connectivity index (χ1) is 13.6. The molecule has 0 aliphatic rings. The van der Waals surface area contributed by atoms with E-state index >= 15 is 0 Å². The van der Waals surface area contributed by atoms with Gasteiger partial charge >= 0.3 is 11.9 Å². The molecule has 0 radical (unpaired) electrons. The van der Waals surface area contributed by atoms with Gasteiger partial charge in [-0.2, -0.15) is 0 Å². The predicted molar refractivity (Wildman–Crippen MR) is 112 cm³/mol. The van der Waals surface area contributed by atoms with Crippen molar-refractivity contribution in [2.24, 2.45) is 0 Å². The molecule has 0 fully saturated rings. The molecule has 0 saturated heterocycles. The first-order valence-electron chi connectivity index (χ1n) is 10.1. The van der Waals surface area contributed by atoms with E-state index in [2.05, 4.69) is 18.8 Å². The normalized spacial score (nSPS) is 10.5. The van der Waals surface area contributed by atoms with Crippen LogP contribution in [0.4, 0.5) is 0 Å². The van der Waals surface area contributed by atoms with Crippen LogP contribution in [-0.4, -0.2) is 22.2 Å². The molecule has 0 aliphatic carbocycles. The van der Waals surface area contributed by atoms with Gasteiger partial charge in [-0.3, -0.25) is 0 Å². The van der Waals surface area contributed by atoms with E-state index in [0.717, 1.165) is 19.3 Å². The van der Waals surface area contributed by atoms with Crippen molar-refractivity contribution in [2.45, 2.75) is 64.7 Å². The van der Waals surface area contributed by atoms with E-state index in [9.17, 15) is 19.8 Å². The fraction of sp³-hybridized carbons (Fsp3) is 0.417. The third kappa shape index (κ3) is 5.85. The molecule has 0 spiro atoms. The van der Waals surface area contributed by atoms with Crippen molar-refractivity contribution in [3.63, 3.8) is 0 Å². The molecule has 2 aromatic rings. The number of carboxylic acid groups (broad SMARTS) is 2. The summed E-state index contributed by atoms with van der Waals surface area (Å²) in [4.78, 5) is 23.1. The Morgan fingerprint density at radius 3 is 2.11 bits per heavy atom. The highest BCUT2D eigenvalue weighted by molar-refractivity contribution is 6.12. The van der Waals surface area contributed by atoms with Crippen LogP contribution in [0.3, 0.4) is 0 Å². The van der Waals surface area contributed by atoms with Gasteiger partial charge in [-0.1, -0.05) is 75.8 Å². The number of carboxylic acids is 2. The largest absolute Gasteiger partial charge is 0.478 e. The molecule has 0 atom stereocenters. The second-order valence-electron chi connectivity index (χ2n) is 7.03. The minimum Gasteiger partial charge on any atom is -0.478 e. The van der Waals surface area contributed by atoms with Crippen LogP contribution in [0, 0.1) is 11.8 Å². The molecule has 148 valence electrons. The lowest BCUT2D eigenvalue weighted by Crippen LogP contribution is -2.03. The van der Waals surface area contributed by atoms with Gasteiger partial charge in [0.05, 0.1) is 11.1 Å². The van der Waals surface area contributed by atoms with Gasteiger partial charge in [-0.15, -0.1) is 0 Å². The molecule has 0 heterocycles. The third-order valence-corrected chi connectivity index (χ3v) is 4.88. The quantitative estimate of drug-likeness (QED) is 0.385. The molecule has 2 aromatic carbocycles. The molecule has 0 bridgehead atoms. The average molecular weight is 380 g/mol. The third-order valence-electron chi connectivity index (χ3n) is 4.88. The molecule has 2 rings (SSSR count). The highest BCUT2D eigenvalue weighted by Crippen LogP contribution is 2.26. The van der Waals surface area contributed by atoms with Crippen molar-refractivity contribution in [1.82, 2.24) is 0 Å². The van der Waals surface area contributed by atoms with E-state index < -0.39 is 11.9 Å². The van der Waals surface area contributed by atoms with Gasteiger partial charge in [-0.05, 0) is 30.0 Å². The Bertz CT molecular complexity index is 887. The summed E-state index contributed by atoms with van der Waals surface area (Å²) in [6.45, 7) is 2.22. The lowest BCUT2D eigenvalue weighted by atomic mass is 9.95. The number of benzene rings is 2. The Hall–Kier alpha value is -2.80. The van der Waals surface area contributed by atoms with E-state index in [1.54, 1.807) is 18.2 Å². The van der Waals surface area contributed by atoms with Crippen LogP contribution >= 0.6 is 0 Å². The molecule has 28 heavy (non-hydrogen) atoms. The topological polar surface area (TPSA) is 74.6 Å². The number of rotatable bonds is 10. The summed E-state index contributed by atoms with van der Waals surface area (Å²) < 4.78 is 0. The zero-order valence-electron chi connectivity index (χ0n) is 16.5. The van der Waals surface area contributed by atoms with Crippen LogP contribution in [0.15, 0.2) is 30.3 Å². The molecular weight excluding hydrogens is 352 g/mol. The predicted octanol–water partition coefficient (Wildman–Crippen LogP) is 6.12. The Kier molecular flexibility index (Phi) is 8.55. The molecule has 0 unspecified atom stereocenters. The Morgan fingerprint density at radius 1 is 0.821 bits per heavy atom. The fourth-order valence-corrected chi connectivity index (χ4v) is 3.38. The SMILES string of the molecule is CCCCCCCCCCC#Cc1ccc(C(=O)O)c2cccc(C(=O)O)c12. The van der Waals surface area contributed by atoms with Crippen LogP contribution in [0.5, 0.6) is 0 Å². The number of unbranched alkanes of at least 4 members (excludes halogenated alkanes) is 8. The van der Waals surface area contributed by atoms with Crippen LogP contribution < -0.4 is 0 Å². The van der Waals surface area contributed by atoms with E-state index in [4.69, 9.17) is 0 Å². The number of aromatic carboxylic acids is 2. The van der Waals surface area contributed by atoms with Gasteiger partial charge in [0.2, 0.25) is 0 Å². The summed E-state index contributed by atoms with van der Waals surface area (Å²) in [5.41, 5.74) is 0.737. The summed E-state index contributed by atoms with van der Waals surface area (Å²) in [5, 5.41) is 19.7. The maximum atomic E-state index is 11.6. The number of hydrogen-bond donors (Lipinski definition) is 2. The van der Waals surface area contributed by atoms with Gasteiger partial charge in [0.15, 0.2) is 0 Å². The number of fused-ring (bicyclic) bond motifs is 1. The number of carbonyl (C=O) groups is 2. The minimum absolute atomic E-state index is 0.0805. The summed E-state index contributed by atoms with van der Waals surface area (Å²) in [7, 11) is 0. The first-order valence-corrected chi connectivity index (χ1v) is 10.1. The lowest BCUT2D eigenvalue weighted by molar-refractivity contribution is 0.0686. The summed E-state index contributed by atoms with van der Waals surface area (Å²) in [5.74, 6) is 4.03. The van der Waals surface area contributed by atoms with Gasteiger partial charge in [-0.25, -0.2) is 9.59 Å². The molecule has 0 amide bonds. The second-order valence-corrected chi connectivity index (χ2v) is 7.03. The maximum Gasteiger partial charge on any atom is 0.336 e. The van der Waals surface area contributed by atoms with Crippen LogP contribution in [0.2, 0.25) is 0 Å². The van der Waals surface area contributed by atoms with E-state index in [0.29, 0.717) is 16.3 Å². The highest BCUT2D eigenvalue weighted by Gasteiger charge is 2.16. The van der Waals surface area contributed by atoms with Crippen LogP contribution in [0.1, 0.15) is 91.0 Å². The molecule has 0 aromatic heterocycles. The molecule has 0 saturated carbocycles. The van der Waals surface area contributed by atoms with E-state index in [1.807, 2.05) is 0 Å². The highest BCUT2D eigenvalue weighted by atomic mass is 16.4. The first kappa shape index (κ1) is 21.5. The zero-order chi connectivity index (χ0) is 20.4. The van der Waals surface area contributed by atoms with Crippen molar-refractivity contribution in [3.05, 3.63) is 47.0 Å². The lowest BCUT2D eigenvalue weighted by Gasteiger charge is -2.08. The van der Waals surface area contributed by atoms with E-state index in [1.165, 1.54) is 50.7 Å². The maximum absolute atomic E-state index is 11.6. The van der Waals surface area contributed by atoms with Crippen molar-refractivity contribution in [1.29, 1.82) is 0 Å². The van der Waals surface area contributed by atoms with Gasteiger partial charge in [0.1, 0.15) is 0 Å². The molecular formula is C24H28O4. The van der Waals surface area contributed by atoms with Crippen LogP contribution in [0.25, 0.3) is 10.8 Å². The summed E-state index contributed by atoms with van der Waals surface area (Å²) in [6, 6.07) is 7.79. The van der Waals surface area contributed by atoms with Crippen molar-refractivity contribution in [3.8, 4) is 11.8 Å². The smallest absolute Gasteiger partial charge is 0.336 e. The zero-order valence-corrected chi connectivity index (χ0v) is 16.5. The Balaban J connectivity index is 2.08. The monoisotopic (exact) mass is 380 g/mol. The Labute approximate surface area is 166 Å². The van der Waals surface area contributed by atoms with E-state index in [-0.39, 0.29) is 11.1 Å². The Morgan fingerprint density at radius 2 is 1.46 bits per heavy atom. The second kappa shape index (κ2) is 11.1. The standard InChI is InChI=1S/C24H28O4/c1-2-3-4-5-6-7-8-9-10-11-13-18-16-17-20(23(25)26)19-14-12-15-21(22(18)19)24(27)28/h12,14-17H,2-10H2,1H3,(H,25,26)(H,27,28). The molecule has 0 aliphatic heterocycles. The van der Waals surface area contributed by atoms with Gasteiger partial charge < -0.3 is 10.2 Å². The summed E-state index contributed by atoms with van der Waals surface area (Å²) >= 11 is 0. The van der Waals surface area contributed by atoms with Crippen molar-refractivity contribution >= 4 is 22.7 Å². The van der Waals surface area contributed by atoms with Gasteiger partial charge in [0, 0.05) is 17.4 Å². The molecule has 4 nitrogen and oxygen atoms in total. The minimum atomic E-state index is -1.08. The molecule has 2 N–H and O–H groups in total. The van der Waals surface area contributed by atoms with Crippen molar-refractivity contribution < 1.29 is 19.8 Å². The average Bonchev–Trinajstić information content (AvgIpc) is 2.68. The van der Waals surface area contributed by atoms with Crippen molar-refractivity contribution in [2.75, 3.05) is 0 Å².